The summed E-state index contributed by atoms with van der Waals surface area (Å²) >= 11 is 0. The number of carboxylic acids is 2. The van der Waals surface area contributed by atoms with Gasteiger partial charge in [0.05, 0.1) is 6.04 Å². The highest BCUT2D eigenvalue weighted by atomic mass is 16.4. The molecule has 0 aliphatic heterocycles. The third-order valence-electron chi connectivity index (χ3n) is 5.55. The summed E-state index contributed by atoms with van der Waals surface area (Å²) in [7, 11) is 0. The molecule has 0 unspecified atom stereocenters. The predicted octanol–water partition coefficient (Wildman–Crippen LogP) is 1.00. The second-order valence-electron chi connectivity index (χ2n) is 7.87. The van der Waals surface area contributed by atoms with Crippen LogP contribution in [0.2, 0.25) is 0 Å². The van der Waals surface area contributed by atoms with Crippen LogP contribution in [0.5, 0.6) is 0 Å². The van der Waals surface area contributed by atoms with E-state index in [1.54, 1.807) is 13.1 Å². The van der Waals surface area contributed by atoms with Gasteiger partial charge in [-0.2, -0.15) is 0 Å². The topological polar surface area (TPSA) is 175 Å². The molecule has 0 saturated heterocycles. The molecule has 10 nitrogen and oxygen atoms in total. The lowest BCUT2D eigenvalue weighted by Crippen LogP contribution is -2.55. The van der Waals surface area contributed by atoms with Crippen molar-refractivity contribution in [2.24, 2.45) is 11.7 Å². The standard InChI is InChI=1S/C22H30N4O6/c1-3-12(2)19(23)21(30)25-16(8-9-18(27)28)20(29)26-17(22(31)32)10-13-11-24-15-7-5-4-6-14(13)15/h4-7,11-12,16-17,19,24H,3,8-10,23H2,1-2H3,(H,25,30)(H,26,29)(H,27,28)(H,31,32)/t12-,16-,17-,19-/m0/s1. The number of hydrogen-bond acceptors (Lipinski definition) is 5. The minimum atomic E-state index is -1.27. The van der Waals surface area contributed by atoms with Gasteiger partial charge >= 0.3 is 11.9 Å². The smallest absolute Gasteiger partial charge is 0.326 e. The lowest BCUT2D eigenvalue weighted by atomic mass is 9.98. The first-order valence-corrected chi connectivity index (χ1v) is 10.5. The zero-order chi connectivity index (χ0) is 23.8. The van der Waals surface area contributed by atoms with Gasteiger partial charge in [0.25, 0.3) is 0 Å². The number of hydrogen-bond donors (Lipinski definition) is 6. The maximum Gasteiger partial charge on any atom is 0.326 e. The Morgan fingerprint density at radius 1 is 1.06 bits per heavy atom. The molecule has 2 aromatic rings. The van der Waals surface area contributed by atoms with Gasteiger partial charge in [0.2, 0.25) is 11.8 Å². The Hall–Kier alpha value is -3.40. The number of aliphatic carboxylic acids is 2. The number of carboxylic acid groups (broad SMARTS) is 2. The van der Waals surface area contributed by atoms with Crippen LogP contribution in [0.1, 0.15) is 38.7 Å². The largest absolute Gasteiger partial charge is 0.481 e. The highest BCUT2D eigenvalue weighted by Crippen LogP contribution is 2.19. The number of benzene rings is 1. The monoisotopic (exact) mass is 446 g/mol. The van der Waals surface area contributed by atoms with Crippen molar-refractivity contribution in [3.8, 4) is 0 Å². The van der Waals surface area contributed by atoms with E-state index in [-0.39, 0.29) is 25.2 Å². The number of aromatic nitrogens is 1. The maximum atomic E-state index is 12.8. The van der Waals surface area contributed by atoms with E-state index in [0.29, 0.717) is 12.0 Å². The Morgan fingerprint density at radius 3 is 2.34 bits per heavy atom. The van der Waals surface area contributed by atoms with Gasteiger partial charge in [0, 0.05) is 29.9 Å². The summed E-state index contributed by atoms with van der Waals surface area (Å²) in [5.74, 6) is -3.90. The number of H-pyrrole nitrogens is 1. The number of amides is 2. The number of carbonyl (C=O) groups excluding carboxylic acids is 2. The van der Waals surface area contributed by atoms with Crippen molar-refractivity contribution in [1.29, 1.82) is 0 Å². The minimum absolute atomic E-state index is 0.0110. The molecule has 0 aliphatic rings. The van der Waals surface area contributed by atoms with E-state index in [9.17, 15) is 24.3 Å². The van der Waals surface area contributed by atoms with Crippen molar-refractivity contribution in [2.45, 2.75) is 57.7 Å². The van der Waals surface area contributed by atoms with Crippen molar-refractivity contribution >= 4 is 34.7 Å². The van der Waals surface area contributed by atoms with Crippen LogP contribution >= 0.6 is 0 Å². The summed E-state index contributed by atoms with van der Waals surface area (Å²) < 4.78 is 0. The predicted molar refractivity (Wildman–Crippen MR) is 118 cm³/mol. The van der Waals surface area contributed by atoms with Gasteiger partial charge in [-0.3, -0.25) is 14.4 Å². The van der Waals surface area contributed by atoms with Gasteiger partial charge in [-0.15, -0.1) is 0 Å². The summed E-state index contributed by atoms with van der Waals surface area (Å²) in [6.45, 7) is 3.66. The summed E-state index contributed by atoms with van der Waals surface area (Å²) in [5, 5.41) is 24.4. The van der Waals surface area contributed by atoms with Gasteiger partial charge in [0.1, 0.15) is 12.1 Å². The van der Waals surface area contributed by atoms with E-state index in [0.717, 1.165) is 10.9 Å². The van der Waals surface area contributed by atoms with Crippen LogP contribution in [0.15, 0.2) is 30.5 Å². The van der Waals surface area contributed by atoms with Crippen LogP contribution in [0, 0.1) is 5.92 Å². The fourth-order valence-corrected chi connectivity index (χ4v) is 3.31. The van der Waals surface area contributed by atoms with Crippen molar-refractivity contribution < 1.29 is 29.4 Å². The molecule has 2 amide bonds. The Kier molecular flexibility index (Phi) is 8.77. The third-order valence-corrected chi connectivity index (χ3v) is 5.55. The molecule has 0 spiro atoms. The molecule has 4 atom stereocenters. The zero-order valence-electron chi connectivity index (χ0n) is 18.1. The number of nitrogens with one attached hydrogen (secondary N) is 3. The zero-order valence-corrected chi connectivity index (χ0v) is 18.1. The first-order valence-electron chi connectivity index (χ1n) is 10.5. The van der Waals surface area contributed by atoms with Crippen LogP contribution in [0.3, 0.4) is 0 Å². The number of fused-ring (bicyclic) bond motifs is 1. The molecule has 7 N–H and O–H groups in total. The molecule has 174 valence electrons. The number of rotatable bonds is 12. The Bertz CT molecular complexity index is 972. The summed E-state index contributed by atoms with van der Waals surface area (Å²) in [4.78, 5) is 51.1. The molecule has 2 rings (SSSR count). The molecular formula is C22H30N4O6. The molecule has 0 radical (unpaired) electrons. The number of carbonyl (C=O) groups is 4. The van der Waals surface area contributed by atoms with Gasteiger partial charge < -0.3 is 31.6 Å². The molecule has 1 heterocycles. The van der Waals surface area contributed by atoms with E-state index in [4.69, 9.17) is 10.8 Å². The van der Waals surface area contributed by atoms with Crippen LogP contribution in [0.4, 0.5) is 0 Å². The lowest BCUT2D eigenvalue weighted by Gasteiger charge is -2.24. The second-order valence-corrected chi connectivity index (χ2v) is 7.87. The second kappa shape index (κ2) is 11.3. The van der Waals surface area contributed by atoms with E-state index in [1.807, 2.05) is 31.2 Å². The van der Waals surface area contributed by atoms with Crippen LogP contribution in [-0.2, 0) is 25.6 Å². The number of para-hydroxylation sites is 1. The van der Waals surface area contributed by atoms with Crippen molar-refractivity contribution in [2.75, 3.05) is 0 Å². The van der Waals surface area contributed by atoms with E-state index < -0.39 is 41.9 Å². The number of nitrogens with two attached hydrogens (primary N) is 1. The first kappa shape index (κ1) is 24.9. The molecule has 1 aromatic carbocycles. The average molecular weight is 447 g/mol. The van der Waals surface area contributed by atoms with E-state index >= 15 is 0 Å². The molecule has 0 saturated carbocycles. The molecule has 0 fully saturated rings. The normalized spacial score (nSPS) is 14.8. The lowest BCUT2D eigenvalue weighted by molar-refractivity contribution is -0.143. The molecule has 10 heteroatoms. The van der Waals surface area contributed by atoms with Gasteiger partial charge in [-0.25, -0.2) is 4.79 Å². The maximum absolute atomic E-state index is 12.8. The highest BCUT2D eigenvalue weighted by Gasteiger charge is 2.30. The Balaban J connectivity index is 2.15. The van der Waals surface area contributed by atoms with Crippen molar-refractivity contribution in [1.82, 2.24) is 15.6 Å². The van der Waals surface area contributed by atoms with Crippen LogP contribution < -0.4 is 16.4 Å². The van der Waals surface area contributed by atoms with Gasteiger partial charge in [-0.05, 0) is 24.0 Å². The van der Waals surface area contributed by atoms with E-state index in [2.05, 4.69) is 15.6 Å². The summed E-state index contributed by atoms with van der Waals surface area (Å²) in [6, 6.07) is 4.00. The fourth-order valence-electron chi connectivity index (χ4n) is 3.31. The van der Waals surface area contributed by atoms with E-state index in [1.165, 1.54) is 0 Å². The van der Waals surface area contributed by atoms with Crippen molar-refractivity contribution in [3.05, 3.63) is 36.0 Å². The number of aromatic amines is 1. The van der Waals surface area contributed by atoms with Gasteiger partial charge in [-0.1, -0.05) is 38.5 Å². The summed E-state index contributed by atoms with van der Waals surface area (Å²) in [5.41, 5.74) is 7.45. The minimum Gasteiger partial charge on any atom is -0.481 e. The quantitative estimate of drug-likeness (QED) is 0.282. The molecule has 0 aliphatic carbocycles. The molecule has 32 heavy (non-hydrogen) atoms. The summed E-state index contributed by atoms with van der Waals surface area (Å²) in [6.07, 6.45) is 1.77. The Morgan fingerprint density at radius 2 is 1.72 bits per heavy atom. The Labute approximate surface area is 185 Å². The molecular weight excluding hydrogens is 416 g/mol. The first-order chi connectivity index (χ1) is 15.1. The van der Waals surface area contributed by atoms with Gasteiger partial charge in [0.15, 0.2) is 0 Å². The van der Waals surface area contributed by atoms with Crippen LogP contribution in [-0.4, -0.2) is 57.1 Å². The SMILES string of the molecule is CC[C@H](C)[C@H](N)C(=O)N[C@@H](CCC(=O)O)C(=O)N[C@@H](Cc1c[nH]c2ccccc12)C(=O)O. The average Bonchev–Trinajstić information content (AvgIpc) is 3.17. The molecule has 0 bridgehead atoms. The third kappa shape index (κ3) is 6.55. The highest BCUT2D eigenvalue weighted by molar-refractivity contribution is 5.92. The fraction of sp³-hybridized carbons (Fsp3) is 0.455. The van der Waals surface area contributed by atoms with Crippen LogP contribution in [0.25, 0.3) is 10.9 Å². The van der Waals surface area contributed by atoms with Crippen molar-refractivity contribution in [3.63, 3.8) is 0 Å². The molecule has 1 aromatic heterocycles.